The van der Waals surface area contributed by atoms with E-state index in [4.69, 9.17) is 0 Å². The third-order valence-electron chi connectivity index (χ3n) is 14.7. The standard InChI is InChI=1S/C58H121N5/c1-6-11-16-21-24-27-30-33-36-39-45-59-58(44-50-61-52-55-62(56-53-61)54-51-60(46-40-19-14-9-4)47-41-20-15-10-5)57-63(48-42-37-34-31-28-25-22-17-12-7-2)49-43-38-35-32-29-26-23-18-13-8-3/h58-59H,6-57H2,1-5H3. The van der Waals surface area contributed by atoms with Crippen LogP contribution in [0.3, 0.4) is 0 Å². The molecule has 0 radical (unpaired) electrons. The molecule has 0 aromatic rings. The zero-order chi connectivity index (χ0) is 45.4. The van der Waals surface area contributed by atoms with Gasteiger partial charge in [-0.25, -0.2) is 0 Å². The van der Waals surface area contributed by atoms with E-state index in [0.717, 1.165) is 0 Å². The van der Waals surface area contributed by atoms with Crippen LogP contribution < -0.4 is 5.32 Å². The van der Waals surface area contributed by atoms with Crippen LogP contribution in [0.25, 0.3) is 0 Å². The highest BCUT2D eigenvalue weighted by atomic mass is 15.3. The van der Waals surface area contributed by atoms with E-state index in [0.29, 0.717) is 6.04 Å². The van der Waals surface area contributed by atoms with Crippen molar-refractivity contribution in [2.45, 2.75) is 291 Å². The lowest BCUT2D eigenvalue weighted by molar-refractivity contribution is 0.112. The maximum absolute atomic E-state index is 4.20. The predicted octanol–water partition coefficient (Wildman–Crippen LogP) is 16.5. The summed E-state index contributed by atoms with van der Waals surface area (Å²) in [5, 5.41) is 4.20. The number of piperazine rings is 1. The highest BCUT2D eigenvalue weighted by Crippen LogP contribution is 2.16. The molecule has 0 aromatic carbocycles. The maximum Gasteiger partial charge on any atom is 0.0207 e. The molecule has 0 aromatic heterocycles. The predicted molar refractivity (Wildman–Crippen MR) is 286 cm³/mol. The largest absolute Gasteiger partial charge is 0.313 e. The molecule has 0 saturated carbocycles. The van der Waals surface area contributed by atoms with Gasteiger partial charge < -0.3 is 20.0 Å². The van der Waals surface area contributed by atoms with E-state index in [1.54, 1.807) is 0 Å². The van der Waals surface area contributed by atoms with E-state index in [-0.39, 0.29) is 0 Å². The van der Waals surface area contributed by atoms with Gasteiger partial charge in [0, 0.05) is 51.9 Å². The van der Waals surface area contributed by atoms with Crippen LogP contribution in [0, 0.1) is 0 Å². The van der Waals surface area contributed by atoms with Crippen LogP contribution in [0.2, 0.25) is 0 Å². The fraction of sp³-hybridized carbons (Fsp3) is 1.00. The Labute approximate surface area is 399 Å². The molecule has 0 spiro atoms. The molecule has 5 nitrogen and oxygen atoms in total. The van der Waals surface area contributed by atoms with E-state index in [1.807, 2.05) is 0 Å². The first kappa shape index (κ1) is 60.8. The molecular weight excluding hydrogens is 767 g/mol. The fourth-order valence-corrected chi connectivity index (χ4v) is 10.1. The van der Waals surface area contributed by atoms with Crippen LogP contribution in [-0.2, 0) is 0 Å². The van der Waals surface area contributed by atoms with Crippen LogP contribution in [0.5, 0.6) is 0 Å². The molecule has 378 valence electrons. The SMILES string of the molecule is CCCCCCCCCCCCNC(CCN1CCN(CCN(CCCCCC)CCCCCC)CC1)CN(CCCCCCCCCCCC)CCCCCCCCCCCC. The molecule has 1 heterocycles. The Morgan fingerprint density at radius 1 is 0.317 bits per heavy atom. The second-order valence-electron chi connectivity index (χ2n) is 20.9. The average molecular weight is 889 g/mol. The van der Waals surface area contributed by atoms with Gasteiger partial charge in [0.25, 0.3) is 0 Å². The summed E-state index contributed by atoms with van der Waals surface area (Å²) in [4.78, 5) is 11.4. The minimum atomic E-state index is 0.627. The van der Waals surface area contributed by atoms with Crippen LogP contribution in [0.1, 0.15) is 285 Å². The topological polar surface area (TPSA) is 25.0 Å². The molecule has 63 heavy (non-hydrogen) atoms. The summed E-state index contributed by atoms with van der Waals surface area (Å²) in [6.07, 6.45) is 55.4. The molecule has 1 rings (SSSR count). The molecule has 0 bridgehead atoms. The van der Waals surface area contributed by atoms with Gasteiger partial charge in [-0.05, 0) is 77.8 Å². The third kappa shape index (κ3) is 41.7. The number of hydrogen-bond acceptors (Lipinski definition) is 5. The molecule has 0 aliphatic carbocycles. The summed E-state index contributed by atoms with van der Waals surface area (Å²) >= 11 is 0. The van der Waals surface area contributed by atoms with Crippen molar-refractivity contribution >= 4 is 0 Å². The zero-order valence-corrected chi connectivity index (χ0v) is 44.6. The van der Waals surface area contributed by atoms with Crippen LogP contribution in [-0.4, -0.2) is 111 Å². The Morgan fingerprint density at radius 2 is 0.603 bits per heavy atom. The van der Waals surface area contributed by atoms with Crippen molar-refractivity contribution in [3.05, 3.63) is 0 Å². The molecule has 5 heteroatoms. The van der Waals surface area contributed by atoms with Gasteiger partial charge in [0.15, 0.2) is 0 Å². The third-order valence-corrected chi connectivity index (χ3v) is 14.7. The first-order chi connectivity index (χ1) is 31.2. The lowest BCUT2D eigenvalue weighted by Gasteiger charge is -2.37. The zero-order valence-electron chi connectivity index (χ0n) is 44.6. The lowest BCUT2D eigenvalue weighted by Crippen LogP contribution is -2.50. The minimum Gasteiger partial charge on any atom is -0.313 e. The van der Waals surface area contributed by atoms with Crippen molar-refractivity contribution in [3.8, 4) is 0 Å². The minimum absolute atomic E-state index is 0.627. The second-order valence-corrected chi connectivity index (χ2v) is 20.9. The van der Waals surface area contributed by atoms with E-state index >= 15 is 0 Å². The van der Waals surface area contributed by atoms with Gasteiger partial charge in [0.1, 0.15) is 0 Å². The maximum atomic E-state index is 4.20. The molecule has 1 unspecified atom stereocenters. The number of nitrogens with zero attached hydrogens (tertiary/aromatic N) is 4. The Kier molecular flexibility index (Phi) is 48.0. The van der Waals surface area contributed by atoms with Gasteiger partial charge in [-0.15, -0.1) is 0 Å². The van der Waals surface area contributed by atoms with Gasteiger partial charge in [-0.1, -0.05) is 247 Å². The second kappa shape index (κ2) is 49.7. The first-order valence-electron chi connectivity index (χ1n) is 29.8. The Morgan fingerprint density at radius 3 is 0.968 bits per heavy atom. The fourth-order valence-electron chi connectivity index (χ4n) is 10.1. The molecule has 1 aliphatic heterocycles. The Hall–Kier alpha value is -0.200. The molecular formula is C58H121N5. The van der Waals surface area contributed by atoms with Crippen molar-refractivity contribution in [2.75, 3.05) is 85.1 Å². The lowest BCUT2D eigenvalue weighted by atomic mass is 10.1. The quantitative estimate of drug-likeness (QED) is 0.0614. The first-order valence-corrected chi connectivity index (χ1v) is 29.8. The van der Waals surface area contributed by atoms with Crippen LogP contribution in [0.4, 0.5) is 0 Å². The number of rotatable bonds is 52. The average Bonchev–Trinajstić information content (AvgIpc) is 3.30. The molecule has 1 atom stereocenters. The van der Waals surface area contributed by atoms with E-state index in [2.05, 4.69) is 59.5 Å². The summed E-state index contributed by atoms with van der Waals surface area (Å²) < 4.78 is 0. The summed E-state index contributed by atoms with van der Waals surface area (Å²) in [6.45, 7) is 28.3. The monoisotopic (exact) mass is 888 g/mol. The normalized spacial score (nSPS) is 14.5. The van der Waals surface area contributed by atoms with E-state index in [9.17, 15) is 0 Å². The van der Waals surface area contributed by atoms with Gasteiger partial charge in [0.05, 0.1) is 0 Å². The van der Waals surface area contributed by atoms with Crippen molar-refractivity contribution in [3.63, 3.8) is 0 Å². The van der Waals surface area contributed by atoms with Crippen molar-refractivity contribution < 1.29 is 0 Å². The summed E-state index contributed by atoms with van der Waals surface area (Å²) in [6, 6.07) is 0.627. The van der Waals surface area contributed by atoms with E-state index in [1.165, 1.54) is 335 Å². The number of unbranched alkanes of at least 4 members (excludes halogenated alkanes) is 33. The molecule has 0 amide bonds. The number of hydrogen-bond donors (Lipinski definition) is 1. The highest BCUT2D eigenvalue weighted by Gasteiger charge is 2.20. The van der Waals surface area contributed by atoms with Gasteiger partial charge in [-0.3, -0.25) is 4.90 Å². The number of nitrogens with one attached hydrogen (secondary N) is 1. The smallest absolute Gasteiger partial charge is 0.0207 e. The van der Waals surface area contributed by atoms with Crippen LogP contribution in [0.15, 0.2) is 0 Å². The van der Waals surface area contributed by atoms with Crippen LogP contribution >= 0.6 is 0 Å². The van der Waals surface area contributed by atoms with Crippen molar-refractivity contribution in [1.29, 1.82) is 0 Å². The molecule has 1 saturated heterocycles. The van der Waals surface area contributed by atoms with Gasteiger partial charge in [-0.2, -0.15) is 0 Å². The highest BCUT2D eigenvalue weighted by molar-refractivity contribution is 4.79. The summed E-state index contributed by atoms with van der Waals surface area (Å²) in [5.41, 5.74) is 0. The molecule has 1 N–H and O–H groups in total. The summed E-state index contributed by atoms with van der Waals surface area (Å²) in [7, 11) is 0. The van der Waals surface area contributed by atoms with E-state index < -0.39 is 0 Å². The Bertz CT molecular complexity index is 809. The van der Waals surface area contributed by atoms with Gasteiger partial charge in [0.2, 0.25) is 0 Å². The van der Waals surface area contributed by atoms with Crippen molar-refractivity contribution in [2.24, 2.45) is 0 Å². The van der Waals surface area contributed by atoms with Gasteiger partial charge >= 0.3 is 0 Å². The van der Waals surface area contributed by atoms with Crippen molar-refractivity contribution in [1.82, 2.24) is 24.9 Å². The Balaban J connectivity index is 2.71. The summed E-state index contributed by atoms with van der Waals surface area (Å²) in [5.74, 6) is 0. The molecule has 1 fully saturated rings. The molecule has 1 aliphatic rings.